The predicted molar refractivity (Wildman–Crippen MR) is 107 cm³/mol. The Balaban J connectivity index is 1.30. The van der Waals surface area contributed by atoms with Crippen LogP contribution in [0, 0.1) is 0 Å². The zero-order valence-corrected chi connectivity index (χ0v) is 15.6. The number of amides is 2. The first-order valence-electron chi connectivity index (χ1n) is 9.80. The summed E-state index contributed by atoms with van der Waals surface area (Å²) in [7, 11) is 0. The molecule has 2 amide bonds. The van der Waals surface area contributed by atoms with Crippen LogP contribution in [-0.2, 0) is 19.5 Å². The highest BCUT2D eigenvalue weighted by atomic mass is 16.3. The molecule has 2 heterocycles. The quantitative estimate of drug-likeness (QED) is 0.876. The smallest absolute Gasteiger partial charge is 0.317 e. The molecular weight excluding hydrogens is 338 g/mol. The minimum absolute atomic E-state index is 0.0912. The normalized spacial score (nSPS) is 19.1. The van der Waals surface area contributed by atoms with E-state index in [0.717, 1.165) is 44.5 Å². The number of urea groups is 1. The van der Waals surface area contributed by atoms with Crippen LogP contribution in [0.2, 0.25) is 0 Å². The first-order chi connectivity index (χ1) is 13.2. The number of hydrogen-bond acceptors (Lipinski definition) is 3. The Morgan fingerprint density at radius 1 is 1.07 bits per heavy atom. The molecule has 142 valence electrons. The van der Waals surface area contributed by atoms with E-state index in [0.29, 0.717) is 13.1 Å². The summed E-state index contributed by atoms with van der Waals surface area (Å²) in [6.45, 7) is 3.65. The number of aliphatic hydroxyl groups excluding tert-OH is 1. The van der Waals surface area contributed by atoms with Gasteiger partial charge in [-0.05, 0) is 42.0 Å². The minimum atomic E-state index is -0.389. The van der Waals surface area contributed by atoms with Crippen LogP contribution < -0.4 is 10.2 Å². The summed E-state index contributed by atoms with van der Waals surface area (Å²) in [5.74, 6) is 0. The third kappa shape index (κ3) is 4.25. The second kappa shape index (κ2) is 8.01. The highest BCUT2D eigenvalue weighted by molar-refractivity contribution is 5.74. The van der Waals surface area contributed by atoms with E-state index in [1.807, 2.05) is 0 Å². The molecule has 27 heavy (non-hydrogen) atoms. The van der Waals surface area contributed by atoms with E-state index in [-0.39, 0.29) is 12.1 Å². The molecular formula is C22H27N3O2. The summed E-state index contributed by atoms with van der Waals surface area (Å²) in [5.41, 5.74) is 5.14. The number of likely N-dealkylation sites (tertiary alicyclic amines) is 1. The largest absolute Gasteiger partial charge is 0.391 e. The standard InChI is InChI=1S/C22H27N3O2/c26-20-5-3-12-25(16-20)22(27)23-14-17-7-9-18(10-8-17)15-24-13-11-19-4-1-2-6-21(19)24/h1-2,4,6-10,20,26H,3,5,11-16H2,(H,23,27)/t20-/m1/s1. The predicted octanol–water partition coefficient (Wildman–Crippen LogP) is 2.92. The number of β-amino-alcohol motifs (C(OH)–C–C–N with tert-alkyl or cyclic N) is 1. The van der Waals surface area contributed by atoms with Crippen LogP contribution >= 0.6 is 0 Å². The summed E-state index contributed by atoms with van der Waals surface area (Å²) < 4.78 is 0. The molecule has 1 atom stereocenters. The van der Waals surface area contributed by atoms with Crippen molar-refractivity contribution in [2.75, 3.05) is 24.5 Å². The van der Waals surface area contributed by atoms with E-state index in [4.69, 9.17) is 0 Å². The average molecular weight is 365 g/mol. The van der Waals surface area contributed by atoms with E-state index < -0.39 is 0 Å². The third-order valence-corrected chi connectivity index (χ3v) is 5.51. The fourth-order valence-electron chi connectivity index (χ4n) is 3.98. The number of para-hydroxylation sites is 1. The number of aliphatic hydroxyl groups is 1. The molecule has 0 bridgehead atoms. The number of hydrogen-bond donors (Lipinski definition) is 2. The number of carbonyl (C=O) groups is 1. The molecule has 0 radical (unpaired) electrons. The Hall–Kier alpha value is -2.53. The van der Waals surface area contributed by atoms with Gasteiger partial charge in [0, 0.05) is 38.4 Å². The summed E-state index contributed by atoms with van der Waals surface area (Å²) in [6, 6.07) is 17.0. The molecule has 2 aliphatic heterocycles. The highest BCUT2D eigenvalue weighted by Gasteiger charge is 2.21. The molecule has 2 aromatic carbocycles. The third-order valence-electron chi connectivity index (χ3n) is 5.51. The molecule has 2 N–H and O–H groups in total. The fraction of sp³-hybridized carbons (Fsp3) is 0.409. The molecule has 0 saturated carbocycles. The van der Waals surface area contributed by atoms with Crippen molar-refractivity contribution in [1.82, 2.24) is 10.2 Å². The molecule has 1 fully saturated rings. The maximum Gasteiger partial charge on any atom is 0.317 e. The van der Waals surface area contributed by atoms with Gasteiger partial charge in [0.1, 0.15) is 0 Å². The SMILES string of the molecule is O=C(NCc1ccc(CN2CCc3ccccc32)cc1)N1CCC[C@@H](O)C1. The fourth-order valence-corrected chi connectivity index (χ4v) is 3.98. The molecule has 2 aliphatic rings. The first-order valence-corrected chi connectivity index (χ1v) is 9.80. The van der Waals surface area contributed by atoms with Gasteiger partial charge < -0.3 is 20.2 Å². The maximum atomic E-state index is 12.2. The van der Waals surface area contributed by atoms with Gasteiger partial charge in [-0.15, -0.1) is 0 Å². The van der Waals surface area contributed by atoms with Crippen molar-refractivity contribution < 1.29 is 9.90 Å². The number of benzene rings is 2. The Morgan fingerprint density at radius 2 is 1.85 bits per heavy atom. The summed E-state index contributed by atoms with van der Waals surface area (Å²) in [4.78, 5) is 16.4. The lowest BCUT2D eigenvalue weighted by atomic mass is 10.1. The van der Waals surface area contributed by atoms with Crippen LogP contribution in [0.4, 0.5) is 10.5 Å². The van der Waals surface area contributed by atoms with Crippen molar-refractivity contribution in [1.29, 1.82) is 0 Å². The average Bonchev–Trinajstić information content (AvgIpc) is 3.10. The topological polar surface area (TPSA) is 55.8 Å². The van der Waals surface area contributed by atoms with E-state index in [2.05, 4.69) is 58.7 Å². The van der Waals surface area contributed by atoms with Gasteiger partial charge in [-0.1, -0.05) is 42.5 Å². The number of nitrogens with one attached hydrogen (secondary N) is 1. The van der Waals surface area contributed by atoms with E-state index >= 15 is 0 Å². The second-order valence-corrected chi connectivity index (χ2v) is 7.52. The van der Waals surface area contributed by atoms with Crippen molar-refractivity contribution in [3.63, 3.8) is 0 Å². The van der Waals surface area contributed by atoms with E-state index in [1.165, 1.54) is 16.8 Å². The molecule has 2 aromatic rings. The van der Waals surface area contributed by atoms with Gasteiger partial charge in [0.05, 0.1) is 6.10 Å². The zero-order chi connectivity index (χ0) is 18.6. The van der Waals surface area contributed by atoms with Crippen LogP contribution in [0.3, 0.4) is 0 Å². The lowest BCUT2D eigenvalue weighted by molar-refractivity contribution is 0.0842. The van der Waals surface area contributed by atoms with Crippen molar-refractivity contribution in [3.8, 4) is 0 Å². The number of nitrogens with zero attached hydrogens (tertiary/aromatic N) is 2. The van der Waals surface area contributed by atoms with Crippen molar-refractivity contribution >= 4 is 11.7 Å². The van der Waals surface area contributed by atoms with Gasteiger partial charge >= 0.3 is 6.03 Å². The molecule has 0 aromatic heterocycles. The Bertz CT molecular complexity index is 790. The van der Waals surface area contributed by atoms with Gasteiger partial charge in [0.25, 0.3) is 0 Å². The molecule has 4 rings (SSSR count). The second-order valence-electron chi connectivity index (χ2n) is 7.52. The van der Waals surface area contributed by atoms with Crippen molar-refractivity contribution in [2.24, 2.45) is 0 Å². The Morgan fingerprint density at radius 3 is 2.67 bits per heavy atom. The monoisotopic (exact) mass is 365 g/mol. The van der Waals surface area contributed by atoms with Crippen LogP contribution in [0.5, 0.6) is 0 Å². The molecule has 0 spiro atoms. The first kappa shape index (κ1) is 17.9. The molecule has 5 heteroatoms. The number of fused-ring (bicyclic) bond motifs is 1. The van der Waals surface area contributed by atoms with Crippen LogP contribution in [0.25, 0.3) is 0 Å². The molecule has 5 nitrogen and oxygen atoms in total. The lowest BCUT2D eigenvalue weighted by Crippen LogP contribution is -2.46. The molecule has 0 unspecified atom stereocenters. The number of piperidine rings is 1. The minimum Gasteiger partial charge on any atom is -0.391 e. The van der Waals surface area contributed by atoms with Gasteiger partial charge in [-0.2, -0.15) is 0 Å². The summed E-state index contributed by atoms with van der Waals surface area (Å²) in [6.07, 6.45) is 2.38. The number of rotatable bonds is 4. The zero-order valence-electron chi connectivity index (χ0n) is 15.6. The van der Waals surface area contributed by atoms with E-state index in [1.54, 1.807) is 4.90 Å². The van der Waals surface area contributed by atoms with Gasteiger partial charge in [0.2, 0.25) is 0 Å². The number of anilines is 1. The van der Waals surface area contributed by atoms with Gasteiger partial charge in [-0.25, -0.2) is 4.79 Å². The molecule has 0 aliphatic carbocycles. The summed E-state index contributed by atoms with van der Waals surface area (Å²) in [5, 5.41) is 12.7. The Kier molecular flexibility index (Phi) is 5.30. The lowest BCUT2D eigenvalue weighted by Gasteiger charge is -2.30. The highest BCUT2D eigenvalue weighted by Crippen LogP contribution is 2.28. The maximum absolute atomic E-state index is 12.2. The Labute approximate surface area is 160 Å². The van der Waals surface area contributed by atoms with Crippen LogP contribution in [0.1, 0.15) is 29.5 Å². The van der Waals surface area contributed by atoms with Crippen LogP contribution in [0.15, 0.2) is 48.5 Å². The van der Waals surface area contributed by atoms with Crippen molar-refractivity contribution in [2.45, 2.75) is 38.5 Å². The molecule has 1 saturated heterocycles. The number of carbonyl (C=O) groups excluding carboxylic acids is 1. The summed E-state index contributed by atoms with van der Waals surface area (Å²) >= 11 is 0. The van der Waals surface area contributed by atoms with Gasteiger partial charge in [0.15, 0.2) is 0 Å². The van der Waals surface area contributed by atoms with Crippen molar-refractivity contribution in [3.05, 3.63) is 65.2 Å². The van der Waals surface area contributed by atoms with Gasteiger partial charge in [-0.3, -0.25) is 0 Å². The van der Waals surface area contributed by atoms with E-state index in [9.17, 15) is 9.90 Å². The van der Waals surface area contributed by atoms with Crippen LogP contribution in [-0.4, -0.2) is 41.8 Å².